The number of rotatable bonds is 19. The number of aryl methyl sites for hydroxylation is 5. The van der Waals surface area contributed by atoms with Gasteiger partial charge in [-0.15, -0.1) is 0 Å². The molecular formula is C81H90N12O24S. The van der Waals surface area contributed by atoms with Crippen molar-refractivity contribution in [3.8, 4) is 0 Å². The van der Waals surface area contributed by atoms with Crippen molar-refractivity contribution in [2.24, 2.45) is 29.6 Å². The lowest BCUT2D eigenvalue weighted by Crippen LogP contribution is -2.24. The van der Waals surface area contributed by atoms with Crippen molar-refractivity contribution in [2.75, 3.05) is 11.5 Å². The molecule has 37 heteroatoms. The largest absolute Gasteiger partial charge is 0.405 e. The van der Waals surface area contributed by atoms with Crippen LogP contribution in [0.25, 0.3) is 66.6 Å². The van der Waals surface area contributed by atoms with E-state index in [1.54, 1.807) is 0 Å². The summed E-state index contributed by atoms with van der Waals surface area (Å²) in [6.45, 7) is 8.34. The molecule has 2 atom stereocenters. The maximum atomic E-state index is 11.9. The Balaban J connectivity index is 0.000000139. The molecule has 118 heavy (non-hydrogen) atoms. The second kappa shape index (κ2) is 39.6. The van der Waals surface area contributed by atoms with Crippen LogP contribution in [0.1, 0.15) is 170 Å². The Bertz CT molecular complexity index is 6950. The van der Waals surface area contributed by atoms with Crippen LogP contribution in [0, 0.1) is 29.6 Å². The van der Waals surface area contributed by atoms with Crippen LogP contribution >= 0.6 is 10.5 Å². The zero-order valence-corrected chi connectivity index (χ0v) is 65.9. The van der Waals surface area contributed by atoms with Crippen molar-refractivity contribution >= 4 is 82.4 Å². The summed E-state index contributed by atoms with van der Waals surface area (Å²) in [5.41, 5.74) is -7.04. The lowest BCUT2D eigenvalue weighted by molar-refractivity contribution is 0.339. The predicted molar refractivity (Wildman–Crippen MR) is 445 cm³/mol. The molecule has 12 aromatic rings. The first-order valence-electron chi connectivity index (χ1n) is 39.1. The van der Waals surface area contributed by atoms with Gasteiger partial charge in [-0.3, -0.25) is 88.6 Å². The number of hydrogen-bond donors (Lipinski definition) is 12. The summed E-state index contributed by atoms with van der Waals surface area (Å²) in [5, 5.41) is 3.76. The third-order valence-electron chi connectivity index (χ3n) is 20.6. The van der Waals surface area contributed by atoms with E-state index in [0.717, 1.165) is 62.9 Å². The fourth-order valence-corrected chi connectivity index (χ4v) is 16.6. The van der Waals surface area contributed by atoms with Gasteiger partial charge >= 0.3 is 67.9 Å². The second-order valence-corrected chi connectivity index (χ2v) is 32.3. The highest BCUT2D eigenvalue weighted by Gasteiger charge is 2.22. The lowest BCUT2D eigenvalue weighted by Gasteiger charge is -2.21. The van der Waals surface area contributed by atoms with Crippen LogP contribution < -0.4 is 101 Å². The Labute approximate surface area is 663 Å². The van der Waals surface area contributed by atoms with E-state index >= 15 is 0 Å². The van der Waals surface area contributed by atoms with Crippen molar-refractivity contribution in [1.82, 2.24) is 59.8 Å². The normalized spacial score (nSPS) is 15.2. The highest BCUT2D eigenvalue weighted by molar-refractivity contribution is 8.15. The fraction of sp³-hybridized carbons (Fsp3) is 0.420. The second-order valence-electron chi connectivity index (χ2n) is 30.2. The summed E-state index contributed by atoms with van der Waals surface area (Å²) in [6.07, 6.45) is 30.8. The van der Waals surface area contributed by atoms with Crippen LogP contribution in [0.3, 0.4) is 0 Å². The Morgan fingerprint density at radius 2 is 0.644 bits per heavy atom. The monoisotopic (exact) mass is 1650 g/mol. The van der Waals surface area contributed by atoms with Crippen molar-refractivity contribution in [1.29, 1.82) is 0 Å². The van der Waals surface area contributed by atoms with Crippen LogP contribution in [0.2, 0.25) is 0 Å². The molecule has 12 N–H and O–H groups in total. The van der Waals surface area contributed by atoms with Crippen molar-refractivity contribution in [3.05, 3.63) is 282 Å². The molecule has 0 aromatic carbocycles. The van der Waals surface area contributed by atoms with E-state index in [9.17, 15) is 86.3 Å². The lowest BCUT2D eigenvalue weighted by atomic mass is 9.85. The quantitative estimate of drug-likeness (QED) is 0.0312. The molecule has 0 spiro atoms. The van der Waals surface area contributed by atoms with Gasteiger partial charge in [0.15, 0.2) is 0 Å². The van der Waals surface area contributed by atoms with Crippen molar-refractivity contribution < 1.29 is 26.5 Å². The summed E-state index contributed by atoms with van der Waals surface area (Å²) in [4.78, 5) is 234. The number of aromatic nitrogens is 12. The average molecular weight is 1650 g/mol. The van der Waals surface area contributed by atoms with Crippen LogP contribution in [0.4, 0.5) is 0 Å². The Hall–Kier alpha value is -13.0. The van der Waals surface area contributed by atoms with Gasteiger partial charge in [-0.1, -0.05) is 116 Å². The Morgan fingerprint density at radius 3 is 0.958 bits per heavy atom. The third kappa shape index (κ3) is 23.2. The molecule has 36 nitrogen and oxygen atoms in total. The van der Waals surface area contributed by atoms with Crippen LogP contribution in [-0.4, -0.2) is 76.7 Å². The van der Waals surface area contributed by atoms with Crippen LogP contribution in [-0.2, 0) is 38.5 Å². The van der Waals surface area contributed by atoms with Gasteiger partial charge in [0.05, 0.1) is 0 Å². The standard InChI is InChI=1S/C15H18N2O4.C14H14N2O4S.C14H16N2O4.C13H12N2O4.C13H16N2O4.C12H14N2O4/c18-11-8-10(7-6-9-4-2-1-3-5-9)12-13(19)16-15(20)17-14(12)21-11;17-10-8-9(4-3-7-21-5-1-2-6-21)11-12(18)15-14(19)16-13(11)20-10;17-10-7-9(6-5-8-3-1-2-4-8)11-12(18)15-14(19)16-13(11)20-10;16-9-6-8(5-7-3-1-2-4-7)10-11(17)14-13(18)15-12(10)19-9;1-7(2)4-3-5-8-6-9(16)19-12-10(8)11(17)14-13(18)15-12;1-6(2)3-4-7-5-8(15)18-11-9(7)10(16)13-12(17)14-11/h8-9H,1-7H2,(H2,16,17,19,20);1-2,5,8H,3-4,6-7H2,(H2,15,16,18,19);7-8H,1-6H2,(H2,15,16,18,19);1,3,6-7H,2,4-5H2,(H2,14,15,17,18);6-7H,3-5H2,1-2H3,(H2,14,15,17,18);5-6H,3-4H2,1-2H3,(H2,13,14,16,17). The average Bonchev–Trinajstić information content (AvgIpc) is 1.09. The number of nitrogens with one attached hydrogen (secondary N) is 12. The van der Waals surface area contributed by atoms with E-state index in [1.165, 1.54) is 94.2 Å². The number of H-pyrrole nitrogens is 12. The molecule has 0 saturated heterocycles. The number of aromatic amines is 12. The topological polar surface area (TPSA) is 576 Å². The minimum atomic E-state index is -0.684. The molecule has 2 fully saturated rings. The minimum Gasteiger partial charge on any atom is -0.405 e. The maximum absolute atomic E-state index is 11.9. The zero-order chi connectivity index (χ0) is 84.4. The summed E-state index contributed by atoms with van der Waals surface area (Å²) < 4.78 is 29.3. The smallest absolute Gasteiger partial charge is 0.337 e. The van der Waals surface area contributed by atoms with Gasteiger partial charge in [0, 0.05) is 42.2 Å². The molecular weight excluding hydrogens is 1560 g/mol. The van der Waals surface area contributed by atoms with Gasteiger partial charge < -0.3 is 26.5 Å². The Kier molecular flexibility index (Phi) is 28.8. The minimum absolute atomic E-state index is 0.0325. The molecule has 1 aliphatic heterocycles. The molecule has 16 rings (SSSR count). The molecule has 2 saturated carbocycles. The molecule has 0 radical (unpaired) electrons. The van der Waals surface area contributed by atoms with Gasteiger partial charge in [-0.2, -0.15) is 10.5 Å². The molecule has 4 aliphatic rings. The van der Waals surface area contributed by atoms with Gasteiger partial charge in [0.25, 0.3) is 33.4 Å². The van der Waals surface area contributed by atoms with Crippen LogP contribution in [0.5, 0.6) is 0 Å². The first kappa shape index (κ1) is 85.9. The van der Waals surface area contributed by atoms with Gasteiger partial charge in [-0.05, 0) is 158 Å². The van der Waals surface area contributed by atoms with Gasteiger partial charge in [0.2, 0.25) is 34.3 Å². The van der Waals surface area contributed by atoms with Crippen LogP contribution in [0.15, 0.2) is 174 Å². The third-order valence-corrected chi connectivity index (χ3v) is 22.5. The van der Waals surface area contributed by atoms with Crippen molar-refractivity contribution in [2.45, 2.75) is 175 Å². The molecule has 0 amide bonds. The van der Waals surface area contributed by atoms with Gasteiger partial charge in [0.1, 0.15) is 32.3 Å². The van der Waals surface area contributed by atoms with Crippen molar-refractivity contribution in [3.63, 3.8) is 0 Å². The summed E-state index contributed by atoms with van der Waals surface area (Å²) >= 11 is 0. The summed E-state index contributed by atoms with van der Waals surface area (Å²) in [6, 6.07) is 7.98. The number of allylic oxidation sites excluding steroid dienone is 3. The maximum Gasteiger partial charge on any atom is 0.337 e. The van der Waals surface area contributed by atoms with E-state index in [-0.39, 0.29) is 77.1 Å². The number of fused-ring (bicyclic) bond motifs is 6. The molecule has 13 heterocycles. The molecule has 624 valence electrons. The van der Waals surface area contributed by atoms with E-state index in [2.05, 4.69) is 117 Å². The van der Waals surface area contributed by atoms with E-state index < -0.39 is 101 Å². The molecule has 0 bridgehead atoms. The summed E-state index contributed by atoms with van der Waals surface area (Å²) in [5.74, 6) is 4.75. The predicted octanol–water partition coefficient (Wildman–Crippen LogP) is 6.30. The SMILES string of the molecule is CC(C)CCCc1cc(=O)oc2[nH]c(=O)[nH]c(=O)c12.CC(C)CCc1cc(=O)oc2[nH]c(=O)[nH]c(=O)c12.O=c1[nH]c(=O)c2c(CC3C=CCC3)cc(=O)oc2[nH]1.O=c1[nH]c(=O)c2c(CCC3CCCC3)cc(=O)oc2[nH]1.O=c1[nH]c(=O)c2c(CCC3CCCCC3)cc(=O)oc2[nH]1.O=c1[nH]c(=O)c2c(CCCS3=CC=CC3)cc(=O)oc2[nH]1. The van der Waals surface area contributed by atoms with Gasteiger partial charge in [-0.25, -0.2) is 57.5 Å². The Morgan fingerprint density at radius 1 is 0.339 bits per heavy atom. The first-order valence-corrected chi connectivity index (χ1v) is 40.7. The summed E-state index contributed by atoms with van der Waals surface area (Å²) in [7, 11) is 0.270. The molecule has 2 unspecified atom stereocenters. The zero-order valence-electron chi connectivity index (χ0n) is 65.1. The highest BCUT2D eigenvalue weighted by atomic mass is 32.2. The fourth-order valence-electron chi connectivity index (χ4n) is 15.0. The van der Waals surface area contributed by atoms with E-state index in [1.807, 2.05) is 0 Å². The molecule has 12 aromatic heterocycles. The molecule has 3 aliphatic carbocycles. The van der Waals surface area contributed by atoms with E-state index in [4.69, 9.17) is 26.5 Å². The first-order chi connectivity index (χ1) is 56.5. The van der Waals surface area contributed by atoms with E-state index in [0.29, 0.717) is 101 Å². The number of hydrogen-bond acceptors (Lipinski definition) is 24. The highest BCUT2D eigenvalue weighted by Crippen LogP contribution is 2.31.